The van der Waals surface area contributed by atoms with Crippen molar-refractivity contribution in [3.8, 4) is 5.75 Å². The monoisotopic (exact) mass is 354 g/mol. The molecule has 5 rings (SSSR count). The van der Waals surface area contributed by atoms with E-state index in [-0.39, 0.29) is 29.5 Å². The van der Waals surface area contributed by atoms with Gasteiger partial charge in [-0.25, -0.2) is 0 Å². The highest BCUT2D eigenvalue weighted by molar-refractivity contribution is 5.92. The second kappa shape index (κ2) is 6.43. The van der Waals surface area contributed by atoms with Gasteiger partial charge in [0.05, 0.1) is 25.5 Å². The minimum absolute atomic E-state index is 0.00734. The predicted octanol–water partition coefficient (Wildman–Crippen LogP) is 2.92. The number of para-hydroxylation sites is 1. The maximum absolute atomic E-state index is 13.0. The lowest BCUT2D eigenvalue weighted by Crippen LogP contribution is -2.35. The first-order valence-corrected chi connectivity index (χ1v) is 9.32. The number of carbonyl (C=O) groups is 1. The van der Waals surface area contributed by atoms with Gasteiger partial charge >= 0.3 is 0 Å². The van der Waals surface area contributed by atoms with Crippen LogP contribution in [0.4, 0.5) is 0 Å². The van der Waals surface area contributed by atoms with E-state index in [2.05, 4.69) is 11.2 Å². The van der Waals surface area contributed by atoms with Crippen LogP contribution in [0.25, 0.3) is 0 Å². The average molecular weight is 354 g/mol. The summed E-state index contributed by atoms with van der Waals surface area (Å²) in [4.78, 5) is 14.9. The fraction of sp³-hybridized carbons (Fsp3) is 0.500. The number of hydrogen-bond donors (Lipinski definition) is 0. The Labute approximate surface area is 152 Å². The van der Waals surface area contributed by atoms with Crippen LogP contribution in [0.3, 0.4) is 0 Å². The van der Waals surface area contributed by atoms with Crippen molar-refractivity contribution in [2.75, 3.05) is 26.4 Å². The topological polar surface area (TPSA) is 64.8 Å². The molecule has 3 heterocycles. The largest absolute Gasteiger partial charge is 0.493 e. The highest BCUT2D eigenvalue weighted by Gasteiger charge is 2.48. The predicted molar refractivity (Wildman–Crippen MR) is 92.7 cm³/mol. The molecule has 3 aliphatic rings. The van der Waals surface area contributed by atoms with E-state index in [1.54, 1.807) is 6.07 Å². The fourth-order valence-electron chi connectivity index (χ4n) is 4.18. The molecule has 0 N–H and O–H groups in total. The number of amides is 1. The highest BCUT2D eigenvalue weighted by atomic mass is 16.5. The van der Waals surface area contributed by atoms with Crippen LogP contribution in [-0.4, -0.2) is 42.3 Å². The van der Waals surface area contributed by atoms with Crippen molar-refractivity contribution in [2.24, 2.45) is 17.8 Å². The summed E-state index contributed by atoms with van der Waals surface area (Å²) in [7, 11) is 0. The summed E-state index contributed by atoms with van der Waals surface area (Å²) in [6.07, 6.45) is 4.07. The molecule has 2 aliphatic heterocycles. The lowest BCUT2D eigenvalue weighted by atomic mass is 9.85. The van der Waals surface area contributed by atoms with Crippen molar-refractivity contribution in [3.63, 3.8) is 0 Å². The Bertz CT molecular complexity index is 787. The maximum Gasteiger partial charge on any atom is 0.292 e. The van der Waals surface area contributed by atoms with Gasteiger partial charge in [-0.3, -0.25) is 4.79 Å². The Morgan fingerprint density at radius 2 is 2.12 bits per heavy atom. The zero-order chi connectivity index (χ0) is 17.5. The first-order chi connectivity index (χ1) is 12.8. The molecular formula is C20H22N2O4. The molecule has 2 aromatic rings. The molecule has 6 heteroatoms. The van der Waals surface area contributed by atoms with Crippen LogP contribution >= 0.6 is 0 Å². The van der Waals surface area contributed by atoms with Gasteiger partial charge < -0.3 is 18.9 Å². The summed E-state index contributed by atoms with van der Waals surface area (Å²) in [6.45, 7) is 2.77. The number of carbonyl (C=O) groups excluding carboxylic acids is 1. The first-order valence-electron chi connectivity index (χ1n) is 9.32. The third kappa shape index (κ3) is 2.78. The molecule has 1 amide bonds. The molecule has 136 valence electrons. The number of rotatable bonds is 5. The van der Waals surface area contributed by atoms with E-state index >= 15 is 0 Å². The van der Waals surface area contributed by atoms with E-state index in [0.29, 0.717) is 19.8 Å². The average Bonchev–Trinajstić information content (AvgIpc) is 3.19. The molecule has 3 atom stereocenters. The lowest BCUT2D eigenvalue weighted by Gasteiger charge is -2.34. The van der Waals surface area contributed by atoms with Gasteiger partial charge in [-0.15, -0.1) is 0 Å². The van der Waals surface area contributed by atoms with Crippen LogP contribution in [0.2, 0.25) is 0 Å². The quantitative estimate of drug-likeness (QED) is 0.826. The molecule has 1 saturated heterocycles. The molecule has 1 aliphatic carbocycles. The van der Waals surface area contributed by atoms with Crippen molar-refractivity contribution in [1.82, 2.24) is 10.1 Å². The van der Waals surface area contributed by atoms with E-state index < -0.39 is 0 Å². The first kappa shape index (κ1) is 15.9. The molecule has 0 radical (unpaired) electrons. The van der Waals surface area contributed by atoms with Crippen LogP contribution in [0, 0.1) is 17.8 Å². The van der Waals surface area contributed by atoms with Crippen LogP contribution < -0.4 is 4.74 Å². The molecule has 2 fully saturated rings. The summed E-state index contributed by atoms with van der Waals surface area (Å²) in [5.74, 6) is 2.27. The standard InChI is InChI=1S/C20H22N2O4/c23-20(18-7-8-21-26-18)22-9-14(11-24-10-13-5-6-13)16-12-25-17-4-2-1-3-15(17)19(16)22/h1-4,7-8,13-14,16,19H,5-6,9-12H2/t14-,16-,19-/m0/s1. The van der Waals surface area contributed by atoms with Crippen molar-refractivity contribution in [3.05, 3.63) is 47.9 Å². The van der Waals surface area contributed by atoms with E-state index in [9.17, 15) is 4.79 Å². The number of ether oxygens (including phenoxy) is 2. The SMILES string of the molecule is O=C(c1ccno1)N1C[C@@H](COCC2CC2)[C@@H]2COc3ccccc3[C@@H]21. The smallest absolute Gasteiger partial charge is 0.292 e. The van der Waals surface area contributed by atoms with Crippen LogP contribution in [0.5, 0.6) is 5.75 Å². The van der Waals surface area contributed by atoms with Gasteiger partial charge in [0.1, 0.15) is 5.75 Å². The van der Waals surface area contributed by atoms with Gasteiger partial charge in [-0.1, -0.05) is 23.4 Å². The summed E-state index contributed by atoms with van der Waals surface area (Å²) in [5.41, 5.74) is 1.07. The maximum atomic E-state index is 13.0. The number of hydrogen-bond acceptors (Lipinski definition) is 5. The minimum atomic E-state index is -0.112. The fourth-order valence-corrected chi connectivity index (χ4v) is 4.18. The summed E-state index contributed by atoms with van der Waals surface area (Å²) in [5, 5.41) is 3.69. The second-order valence-electron chi connectivity index (χ2n) is 7.53. The van der Waals surface area contributed by atoms with Gasteiger partial charge in [0, 0.05) is 36.6 Å². The molecule has 0 spiro atoms. The molecule has 26 heavy (non-hydrogen) atoms. The van der Waals surface area contributed by atoms with Crippen molar-refractivity contribution < 1.29 is 18.8 Å². The van der Waals surface area contributed by atoms with Crippen molar-refractivity contribution in [1.29, 1.82) is 0 Å². The van der Waals surface area contributed by atoms with Gasteiger partial charge in [0.25, 0.3) is 5.91 Å². The Morgan fingerprint density at radius 1 is 1.23 bits per heavy atom. The number of nitrogens with zero attached hydrogens (tertiary/aromatic N) is 2. The molecule has 1 aromatic carbocycles. The van der Waals surface area contributed by atoms with Crippen LogP contribution in [0.1, 0.15) is 35.0 Å². The second-order valence-corrected chi connectivity index (χ2v) is 7.53. The molecule has 0 unspecified atom stereocenters. The van der Waals surface area contributed by atoms with Gasteiger partial charge in [0.2, 0.25) is 5.76 Å². The molecule has 6 nitrogen and oxygen atoms in total. The minimum Gasteiger partial charge on any atom is -0.493 e. The Morgan fingerprint density at radius 3 is 2.92 bits per heavy atom. The molecular weight excluding hydrogens is 332 g/mol. The Hall–Kier alpha value is -2.34. The lowest BCUT2D eigenvalue weighted by molar-refractivity contribution is 0.0606. The van der Waals surface area contributed by atoms with Crippen molar-refractivity contribution in [2.45, 2.75) is 18.9 Å². The highest BCUT2D eigenvalue weighted by Crippen LogP contribution is 2.47. The number of likely N-dealkylation sites (tertiary alicyclic amines) is 1. The number of aromatic nitrogens is 1. The van der Waals surface area contributed by atoms with Crippen molar-refractivity contribution >= 4 is 5.91 Å². The van der Waals surface area contributed by atoms with Gasteiger partial charge in [-0.05, 0) is 24.8 Å². The van der Waals surface area contributed by atoms with Crippen LogP contribution in [-0.2, 0) is 4.74 Å². The van der Waals surface area contributed by atoms with E-state index in [1.807, 2.05) is 23.1 Å². The van der Waals surface area contributed by atoms with E-state index in [1.165, 1.54) is 19.0 Å². The number of benzene rings is 1. The van der Waals surface area contributed by atoms with Gasteiger partial charge in [-0.2, -0.15) is 0 Å². The molecule has 1 aromatic heterocycles. The Kier molecular flexibility index (Phi) is 3.93. The zero-order valence-corrected chi connectivity index (χ0v) is 14.5. The summed E-state index contributed by atoms with van der Waals surface area (Å²) < 4.78 is 17.1. The number of fused-ring (bicyclic) bond motifs is 3. The summed E-state index contributed by atoms with van der Waals surface area (Å²) in [6, 6.07) is 9.61. The third-order valence-electron chi connectivity index (χ3n) is 5.74. The normalized spacial score (nSPS) is 26.9. The molecule has 0 bridgehead atoms. The van der Waals surface area contributed by atoms with Crippen LogP contribution in [0.15, 0.2) is 41.1 Å². The van der Waals surface area contributed by atoms with E-state index in [4.69, 9.17) is 14.0 Å². The third-order valence-corrected chi connectivity index (χ3v) is 5.74. The zero-order valence-electron chi connectivity index (χ0n) is 14.5. The van der Waals surface area contributed by atoms with Gasteiger partial charge in [0.15, 0.2) is 0 Å². The molecule has 1 saturated carbocycles. The summed E-state index contributed by atoms with van der Waals surface area (Å²) >= 11 is 0. The van der Waals surface area contributed by atoms with E-state index in [0.717, 1.165) is 23.8 Å². The Balaban J connectivity index is 1.42.